The van der Waals surface area contributed by atoms with E-state index in [1.54, 1.807) is 0 Å². The van der Waals surface area contributed by atoms with Gasteiger partial charge in [0.25, 0.3) is 0 Å². The highest BCUT2D eigenvalue weighted by Gasteiger charge is 2.06. The second-order valence-electron chi connectivity index (χ2n) is 2.88. The molecule has 13 heavy (non-hydrogen) atoms. The molecule has 0 unspecified atom stereocenters. The molecule has 68 valence electrons. The van der Waals surface area contributed by atoms with Crippen molar-refractivity contribution >= 4 is 22.5 Å². The van der Waals surface area contributed by atoms with Crippen LogP contribution in [0, 0.1) is 0 Å². The molecule has 0 amide bonds. The van der Waals surface area contributed by atoms with Gasteiger partial charge in [0.05, 0.1) is 5.52 Å². The summed E-state index contributed by atoms with van der Waals surface area (Å²) in [7, 11) is 1.91. The van der Waals surface area contributed by atoms with Crippen molar-refractivity contribution in [1.82, 2.24) is 15.5 Å². The number of fused-ring (bicyclic) bond motifs is 1. The van der Waals surface area contributed by atoms with Crippen LogP contribution in [0.3, 0.4) is 0 Å². The summed E-state index contributed by atoms with van der Waals surface area (Å²) >= 11 is 5.97. The number of rotatable bonds is 2. The Labute approximate surface area is 81.1 Å². The minimum Gasteiger partial charge on any atom is -0.316 e. The number of nitrogens with zero attached hydrogens (tertiary/aromatic N) is 1. The number of aromatic amines is 1. The number of nitrogens with one attached hydrogen (secondary N) is 2. The van der Waals surface area contributed by atoms with Crippen LogP contribution in [0.15, 0.2) is 18.2 Å². The van der Waals surface area contributed by atoms with Gasteiger partial charge in [0.1, 0.15) is 5.15 Å². The van der Waals surface area contributed by atoms with Gasteiger partial charge in [-0.25, -0.2) is 0 Å². The SMILES string of the molecule is CNCc1cccc2n[nH]c(Cl)c12. The fraction of sp³-hybridized carbons (Fsp3) is 0.222. The Balaban J connectivity index is 2.65. The zero-order valence-corrected chi connectivity index (χ0v) is 8.02. The minimum absolute atomic E-state index is 0.612. The second kappa shape index (κ2) is 3.36. The molecule has 0 saturated carbocycles. The molecule has 0 spiro atoms. The number of hydrogen-bond donors (Lipinski definition) is 2. The van der Waals surface area contributed by atoms with Gasteiger partial charge in [-0.3, -0.25) is 5.10 Å². The van der Waals surface area contributed by atoms with Crippen molar-refractivity contribution in [1.29, 1.82) is 0 Å². The molecular weight excluding hydrogens is 186 g/mol. The van der Waals surface area contributed by atoms with Gasteiger partial charge >= 0.3 is 0 Å². The molecule has 0 aliphatic heterocycles. The number of halogens is 1. The highest BCUT2D eigenvalue weighted by Crippen LogP contribution is 2.23. The Morgan fingerprint density at radius 3 is 3.15 bits per heavy atom. The summed E-state index contributed by atoms with van der Waals surface area (Å²) in [6, 6.07) is 5.96. The van der Waals surface area contributed by atoms with Crippen molar-refractivity contribution in [2.75, 3.05) is 7.05 Å². The van der Waals surface area contributed by atoms with Crippen LogP contribution >= 0.6 is 11.6 Å². The predicted molar refractivity (Wildman–Crippen MR) is 53.9 cm³/mol. The Bertz CT molecular complexity index is 422. The fourth-order valence-electron chi connectivity index (χ4n) is 1.44. The molecule has 2 rings (SSSR count). The Morgan fingerprint density at radius 2 is 2.38 bits per heavy atom. The first-order chi connectivity index (χ1) is 6.33. The lowest BCUT2D eigenvalue weighted by Crippen LogP contribution is -2.05. The summed E-state index contributed by atoms with van der Waals surface area (Å²) in [6.07, 6.45) is 0. The van der Waals surface area contributed by atoms with E-state index in [0.29, 0.717) is 5.15 Å². The predicted octanol–water partition coefficient (Wildman–Crippen LogP) is 1.94. The van der Waals surface area contributed by atoms with Crippen LogP contribution in [-0.2, 0) is 6.54 Å². The molecule has 0 aliphatic rings. The van der Waals surface area contributed by atoms with Crippen LogP contribution in [0.2, 0.25) is 5.15 Å². The van der Waals surface area contributed by atoms with Crippen LogP contribution < -0.4 is 5.32 Å². The first-order valence-electron chi connectivity index (χ1n) is 4.09. The molecule has 0 atom stereocenters. The topological polar surface area (TPSA) is 40.7 Å². The Hall–Kier alpha value is -1.06. The second-order valence-corrected chi connectivity index (χ2v) is 3.26. The van der Waals surface area contributed by atoms with Gasteiger partial charge in [-0.2, -0.15) is 5.10 Å². The maximum absolute atomic E-state index is 5.97. The average Bonchev–Trinajstić information content (AvgIpc) is 2.50. The first-order valence-corrected chi connectivity index (χ1v) is 4.47. The fourth-order valence-corrected chi connectivity index (χ4v) is 1.70. The molecule has 1 heterocycles. The maximum Gasteiger partial charge on any atom is 0.132 e. The summed E-state index contributed by atoms with van der Waals surface area (Å²) in [5, 5.41) is 11.6. The lowest BCUT2D eigenvalue weighted by Gasteiger charge is -2.00. The highest BCUT2D eigenvalue weighted by atomic mass is 35.5. The molecule has 0 saturated heterocycles. The molecule has 3 nitrogen and oxygen atoms in total. The van der Waals surface area contributed by atoms with Gasteiger partial charge in [-0.1, -0.05) is 23.7 Å². The van der Waals surface area contributed by atoms with Crippen molar-refractivity contribution < 1.29 is 0 Å². The lowest BCUT2D eigenvalue weighted by molar-refractivity contribution is 0.824. The van der Waals surface area contributed by atoms with E-state index in [4.69, 9.17) is 11.6 Å². The van der Waals surface area contributed by atoms with E-state index in [2.05, 4.69) is 15.5 Å². The van der Waals surface area contributed by atoms with Gasteiger partial charge < -0.3 is 5.32 Å². The lowest BCUT2D eigenvalue weighted by atomic mass is 10.1. The average molecular weight is 196 g/mol. The Morgan fingerprint density at radius 1 is 1.54 bits per heavy atom. The standard InChI is InChI=1S/C9H10ClN3/c1-11-5-6-3-2-4-7-8(6)9(10)13-12-7/h2-4,11H,5H2,1H3,(H,12,13). The van der Waals surface area contributed by atoms with Crippen molar-refractivity contribution in [2.45, 2.75) is 6.54 Å². The van der Waals surface area contributed by atoms with E-state index in [-0.39, 0.29) is 0 Å². The molecule has 0 aliphatic carbocycles. The minimum atomic E-state index is 0.612. The number of benzene rings is 1. The maximum atomic E-state index is 5.97. The van der Waals surface area contributed by atoms with Gasteiger partial charge in [-0.05, 0) is 18.7 Å². The quantitative estimate of drug-likeness (QED) is 0.769. The highest BCUT2D eigenvalue weighted by molar-refractivity contribution is 6.34. The van der Waals surface area contributed by atoms with E-state index in [0.717, 1.165) is 17.4 Å². The van der Waals surface area contributed by atoms with Crippen LogP contribution in [-0.4, -0.2) is 17.2 Å². The molecule has 0 bridgehead atoms. The van der Waals surface area contributed by atoms with E-state index >= 15 is 0 Å². The van der Waals surface area contributed by atoms with E-state index in [9.17, 15) is 0 Å². The summed E-state index contributed by atoms with van der Waals surface area (Å²) in [6.45, 7) is 0.802. The normalized spacial score (nSPS) is 10.9. The summed E-state index contributed by atoms with van der Waals surface area (Å²) in [5.41, 5.74) is 2.08. The van der Waals surface area contributed by atoms with Gasteiger partial charge in [0.2, 0.25) is 0 Å². The van der Waals surface area contributed by atoms with Crippen molar-refractivity contribution in [2.24, 2.45) is 0 Å². The molecule has 1 aromatic carbocycles. The first kappa shape index (κ1) is 8.53. The zero-order valence-electron chi connectivity index (χ0n) is 7.26. The van der Waals surface area contributed by atoms with E-state index in [1.165, 1.54) is 5.56 Å². The van der Waals surface area contributed by atoms with Crippen LogP contribution in [0.5, 0.6) is 0 Å². The molecule has 2 aromatic rings. The van der Waals surface area contributed by atoms with Crippen molar-refractivity contribution in [3.63, 3.8) is 0 Å². The van der Waals surface area contributed by atoms with Gasteiger partial charge in [0.15, 0.2) is 0 Å². The number of hydrogen-bond acceptors (Lipinski definition) is 2. The monoisotopic (exact) mass is 195 g/mol. The number of aromatic nitrogens is 2. The van der Waals surface area contributed by atoms with Gasteiger partial charge in [0, 0.05) is 11.9 Å². The molecule has 0 fully saturated rings. The number of H-pyrrole nitrogens is 1. The molecule has 1 aromatic heterocycles. The zero-order chi connectivity index (χ0) is 9.26. The van der Waals surface area contributed by atoms with Crippen molar-refractivity contribution in [3.05, 3.63) is 28.9 Å². The smallest absolute Gasteiger partial charge is 0.132 e. The van der Waals surface area contributed by atoms with Crippen LogP contribution in [0.4, 0.5) is 0 Å². The third-order valence-electron chi connectivity index (χ3n) is 1.99. The molecule has 4 heteroatoms. The Kier molecular flexibility index (Phi) is 2.20. The van der Waals surface area contributed by atoms with Crippen LogP contribution in [0.1, 0.15) is 5.56 Å². The third kappa shape index (κ3) is 1.41. The molecule has 0 radical (unpaired) electrons. The summed E-state index contributed by atoms with van der Waals surface area (Å²) in [4.78, 5) is 0. The molecular formula is C9H10ClN3. The summed E-state index contributed by atoms with van der Waals surface area (Å²) < 4.78 is 0. The van der Waals surface area contributed by atoms with Gasteiger partial charge in [-0.15, -0.1) is 0 Å². The largest absolute Gasteiger partial charge is 0.316 e. The van der Waals surface area contributed by atoms with E-state index < -0.39 is 0 Å². The summed E-state index contributed by atoms with van der Waals surface area (Å²) in [5.74, 6) is 0. The molecule has 2 N–H and O–H groups in total. The van der Waals surface area contributed by atoms with E-state index in [1.807, 2.05) is 25.2 Å². The third-order valence-corrected chi connectivity index (χ3v) is 2.26. The van der Waals surface area contributed by atoms with Crippen molar-refractivity contribution in [3.8, 4) is 0 Å². The van der Waals surface area contributed by atoms with Crippen LogP contribution in [0.25, 0.3) is 10.9 Å².